The first-order valence-corrected chi connectivity index (χ1v) is 4.77. The first-order chi connectivity index (χ1) is 6.99. The number of aromatic nitrogens is 1. The van der Waals surface area contributed by atoms with E-state index in [0.717, 1.165) is 5.69 Å². The summed E-state index contributed by atoms with van der Waals surface area (Å²) in [5.74, 6) is 0.172. The van der Waals surface area contributed by atoms with Crippen LogP contribution >= 0.6 is 0 Å². The maximum absolute atomic E-state index is 11.0. The van der Waals surface area contributed by atoms with E-state index in [0.29, 0.717) is 17.9 Å². The third kappa shape index (κ3) is 3.55. The summed E-state index contributed by atoms with van der Waals surface area (Å²) < 4.78 is 0. The predicted molar refractivity (Wildman–Crippen MR) is 59.6 cm³/mol. The third-order valence-electron chi connectivity index (χ3n) is 1.84. The number of hydrogen-bond donors (Lipinski definition) is 3. The van der Waals surface area contributed by atoms with Gasteiger partial charge in [-0.1, -0.05) is 0 Å². The lowest BCUT2D eigenvalue weighted by atomic mass is 10.2. The van der Waals surface area contributed by atoms with Gasteiger partial charge < -0.3 is 16.8 Å². The minimum atomic E-state index is -0.454. The number of nitrogens with one attached hydrogen (secondary N) is 1. The summed E-state index contributed by atoms with van der Waals surface area (Å²) in [6, 6.07) is 3.31. The highest BCUT2D eigenvalue weighted by atomic mass is 16.1. The molecule has 0 bridgehead atoms. The highest BCUT2D eigenvalue weighted by Gasteiger charge is 2.04. The van der Waals surface area contributed by atoms with E-state index >= 15 is 0 Å². The Labute approximate surface area is 88.9 Å². The second-order valence-electron chi connectivity index (χ2n) is 3.60. The van der Waals surface area contributed by atoms with Crippen molar-refractivity contribution in [3.05, 3.63) is 23.4 Å². The highest BCUT2D eigenvalue weighted by molar-refractivity contribution is 5.93. The molecule has 82 valence electrons. The number of carbonyl (C=O) groups excluding carboxylic acids is 1. The zero-order valence-electron chi connectivity index (χ0n) is 8.95. The van der Waals surface area contributed by atoms with Crippen molar-refractivity contribution in [1.82, 2.24) is 4.98 Å². The average molecular weight is 208 g/mol. The Bertz CT molecular complexity index is 362. The van der Waals surface area contributed by atoms with Crippen LogP contribution in [-0.4, -0.2) is 23.5 Å². The van der Waals surface area contributed by atoms with Crippen LogP contribution in [0.25, 0.3) is 0 Å². The number of anilines is 1. The second kappa shape index (κ2) is 4.75. The van der Waals surface area contributed by atoms with Crippen molar-refractivity contribution in [2.75, 3.05) is 11.9 Å². The normalized spacial score (nSPS) is 12.2. The van der Waals surface area contributed by atoms with Gasteiger partial charge >= 0.3 is 0 Å². The topological polar surface area (TPSA) is 94.0 Å². The molecule has 0 aliphatic heterocycles. The first-order valence-electron chi connectivity index (χ1n) is 4.77. The molecule has 5 N–H and O–H groups in total. The molecule has 1 aromatic rings. The molecule has 0 aliphatic rings. The van der Waals surface area contributed by atoms with Gasteiger partial charge in [0.05, 0.1) is 0 Å². The van der Waals surface area contributed by atoms with Crippen LogP contribution in [0.4, 0.5) is 5.82 Å². The molecule has 0 aromatic carbocycles. The molecule has 5 heteroatoms. The average Bonchev–Trinajstić information content (AvgIpc) is 2.13. The number of nitrogens with two attached hydrogens (primary N) is 2. The van der Waals surface area contributed by atoms with Gasteiger partial charge in [-0.15, -0.1) is 0 Å². The van der Waals surface area contributed by atoms with Crippen LogP contribution in [0.1, 0.15) is 23.0 Å². The van der Waals surface area contributed by atoms with Crippen LogP contribution in [0.5, 0.6) is 0 Å². The second-order valence-corrected chi connectivity index (χ2v) is 3.60. The summed E-state index contributed by atoms with van der Waals surface area (Å²) in [4.78, 5) is 15.2. The Morgan fingerprint density at radius 3 is 2.80 bits per heavy atom. The third-order valence-corrected chi connectivity index (χ3v) is 1.84. The van der Waals surface area contributed by atoms with E-state index in [1.54, 1.807) is 12.1 Å². The Kier molecular flexibility index (Phi) is 3.62. The van der Waals surface area contributed by atoms with Crippen molar-refractivity contribution in [2.45, 2.75) is 19.9 Å². The van der Waals surface area contributed by atoms with Gasteiger partial charge in [-0.3, -0.25) is 4.79 Å². The predicted octanol–water partition coefficient (Wildman–Crippen LogP) is 0.248. The number of nitrogens with zero attached hydrogens (tertiary/aromatic N) is 1. The van der Waals surface area contributed by atoms with E-state index < -0.39 is 5.91 Å². The lowest BCUT2D eigenvalue weighted by molar-refractivity contribution is 0.1000. The molecule has 0 spiro atoms. The summed E-state index contributed by atoms with van der Waals surface area (Å²) in [5.41, 5.74) is 12.0. The molecule has 1 atom stereocenters. The summed E-state index contributed by atoms with van der Waals surface area (Å²) in [5, 5.41) is 3.04. The van der Waals surface area contributed by atoms with Crippen molar-refractivity contribution < 1.29 is 4.79 Å². The monoisotopic (exact) mass is 208 g/mol. The van der Waals surface area contributed by atoms with E-state index in [9.17, 15) is 4.79 Å². The molecule has 1 rings (SSSR count). The van der Waals surface area contributed by atoms with Crippen molar-refractivity contribution in [3.63, 3.8) is 0 Å². The zero-order chi connectivity index (χ0) is 11.4. The molecule has 1 unspecified atom stereocenters. The number of pyridine rings is 1. The minimum absolute atomic E-state index is 0.0318. The number of hydrogen-bond acceptors (Lipinski definition) is 4. The number of carbonyl (C=O) groups is 1. The maximum atomic E-state index is 11.0. The molecule has 0 saturated heterocycles. The molecule has 0 radical (unpaired) electrons. The SMILES string of the molecule is Cc1cc(C(N)=O)cc(NCC(C)N)n1. The number of aryl methyl sites for hydroxylation is 1. The number of amides is 1. The van der Waals surface area contributed by atoms with Crippen LogP contribution in [0.15, 0.2) is 12.1 Å². The van der Waals surface area contributed by atoms with Gasteiger partial charge in [-0.2, -0.15) is 0 Å². The lowest BCUT2D eigenvalue weighted by Gasteiger charge is -2.09. The summed E-state index contributed by atoms with van der Waals surface area (Å²) in [7, 11) is 0. The van der Waals surface area contributed by atoms with Gasteiger partial charge in [0.15, 0.2) is 0 Å². The lowest BCUT2D eigenvalue weighted by Crippen LogP contribution is -2.25. The van der Waals surface area contributed by atoms with Crippen LogP contribution in [0, 0.1) is 6.92 Å². The molecule has 0 saturated carbocycles. The summed E-state index contributed by atoms with van der Waals surface area (Å²) >= 11 is 0. The molecule has 1 aromatic heterocycles. The quantitative estimate of drug-likeness (QED) is 0.661. The highest BCUT2D eigenvalue weighted by Crippen LogP contribution is 2.09. The number of primary amides is 1. The molecular weight excluding hydrogens is 192 g/mol. The van der Waals surface area contributed by atoms with Crippen molar-refractivity contribution in [3.8, 4) is 0 Å². The van der Waals surface area contributed by atoms with Gasteiger partial charge in [0.1, 0.15) is 5.82 Å². The Hall–Kier alpha value is -1.62. The fourth-order valence-electron chi connectivity index (χ4n) is 1.17. The van der Waals surface area contributed by atoms with E-state index in [1.165, 1.54) is 0 Å². The van der Waals surface area contributed by atoms with Gasteiger partial charge in [0.25, 0.3) is 0 Å². The van der Waals surface area contributed by atoms with E-state index in [1.807, 2.05) is 13.8 Å². The molecular formula is C10H16N4O. The van der Waals surface area contributed by atoms with Crippen molar-refractivity contribution in [2.24, 2.45) is 11.5 Å². The van der Waals surface area contributed by atoms with E-state index in [-0.39, 0.29) is 6.04 Å². The molecule has 0 aliphatic carbocycles. The van der Waals surface area contributed by atoms with E-state index in [4.69, 9.17) is 11.5 Å². The largest absolute Gasteiger partial charge is 0.369 e. The summed E-state index contributed by atoms with van der Waals surface area (Å²) in [6.07, 6.45) is 0. The van der Waals surface area contributed by atoms with Crippen molar-refractivity contribution in [1.29, 1.82) is 0 Å². The first kappa shape index (κ1) is 11.5. The summed E-state index contributed by atoms with van der Waals surface area (Å²) in [6.45, 7) is 4.30. The van der Waals surface area contributed by atoms with Gasteiger partial charge in [0.2, 0.25) is 5.91 Å². The smallest absolute Gasteiger partial charge is 0.248 e. The molecule has 5 nitrogen and oxygen atoms in total. The fraction of sp³-hybridized carbons (Fsp3) is 0.400. The number of rotatable bonds is 4. The Morgan fingerprint density at radius 1 is 1.60 bits per heavy atom. The fourth-order valence-corrected chi connectivity index (χ4v) is 1.17. The minimum Gasteiger partial charge on any atom is -0.369 e. The van der Waals surface area contributed by atoms with Crippen molar-refractivity contribution >= 4 is 11.7 Å². The Morgan fingerprint density at radius 2 is 2.27 bits per heavy atom. The van der Waals surface area contributed by atoms with E-state index in [2.05, 4.69) is 10.3 Å². The van der Waals surface area contributed by atoms with Gasteiger partial charge in [-0.05, 0) is 26.0 Å². The molecule has 0 fully saturated rings. The Balaban J connectivity index is 2.84. The molecule has 1 heterocycles. The van der Waals surface area contributed by atoms with Crippen LogP contribution in [-0.2, 0) is 0 Å². The zero-order valence-corrected chi connectivity index (χ0v) is 8.95. The van der Waals surface area contributed by atoms with Gasteiger partial charge in [-0.25, -0.2) is 4.98 Å². The molecule has 15 heavy (non-hydrogen) atoms. The van der Waals surface area contributed by atoms with Gasteiger partial charge in [0, 0.05) is 23.8 Å². The molecule has 1 amide bonds. The standard InChI is InChI=1S/C10H16N4O/c1-6(11)5-13-9-4-8(10(12)15)3-7(2)14-9/h3-4,6H,5,11H2,1-2H3,(H2,12,15)(H,13,14). The maximum Gasteiger partial charge on any atom is 0.248 e. The van der Waals surface area contributed by atoms with Crippen LogP contribution in [0.3, 0.4) is 0 Å². The van der Waals surface area contributed by atoms with Crippen LogP contribution < -0.4 is 16.8 Å². The van der Waals surface area contributed by atoms with Crippen LogP contribution in [0.2, 0.25) is 0 Å².